The lowest BCUT2D eigenvalue weighted by atomic mass is 9.67. The lowest BCUT2D eigenvalue weighted by molar-refractivity contribution is -0.132. The van der Waals surface area contributed by atoms with E-state index >= 15 is 0 Å². The maximum atomic E-state index is 13.0. The topological polar surface area (TPSA) is 43.9 Å². The van der Waals surface area contributed by atoms with Crippen LogP contribution in [-0.2, 0) is 20.4 Å². The van der Waals surface area contributed by atoms with E-state index in [2.05, 4.69) is 81.1 Å². The van der Waals surface area contributed by atoms with Gasteiger partial charge in [0.05, 0.1) is 11.4 Å². The quantitative estimate of drug-likeness (QED) is 0.224. The van der Waals surface area contributed by atoms with Crippen LogP contribution in [0.1, 0.15) is 54.8 Å². The molecular formula is C29H27N3O2S2. The molecule has 0 bridgehead atoms. The molecule has 1 aromatic heterocycles. The summed E-state index contributed by atoms with van der Waals surface area (Å²) >= 11 is 6.86. The van der Waals surface area contributed by atoms with Gasteiger partial charge in [0, 0.05) is 29.8 Å². The van der Waals surface area contributed by atoms with Gasteiger partial charge in [0.15, 0.2) is 5.11 Å². The SMILES string of the molecule is CN1C(=O)C(=Cc2cc3c(s2)N2c4ccccc4C(C)(C)c4cccc(c42)C3(C)C)C(=O)N(C)C1=S. The Morgan fingerprint density at radius 3 is 2.00 bits per heavy atom. The molecule has 1 fully saturated rings. The first-order valence-corrected chi connectivity index (χ1v) is 13.2. The lowest BCUT2D eigenvalue weighted by Gasteiger charge is -2.48. The predicted molar refractivity (Wildman–Crippen MR) is 149 cm³/mol. The molecule has 0 spiro atoms. The van der Waals surface area contributed by atoms with E-state index in [1.54, 1.807) is 31.5 Å². The van der Waals surface area contributed by atoms with Gasteiger partial charge in [0.25, 0.3) is 11.8 Å². The van der Waals surface area contributed by atoms with Crippen LogP contribution >= 0.6 is 23.6 Å². The molecule has 3 aliphatic heterocycles. The summed E-state index contributed by atoms with van der Waals surface area (Å²) in [6, 6.07) is 17.4. The minimum atomic E-state index is -0.371. The van der Waals surface area contributed by atoms with E-state index < -0.39 is 0 Å². The van der Waals surface area contributed by atoms with Crippen LogP contribution in [0.15, 0.2) is 54.1 Å². The number of thiophene rings is 1. The van der Waals surface area contributed by atoms with Crippen molar-refractivity contribution < 1.29 is 9.59 Å². The third-order valence-corrected chi connectivity index (χ3v) is 9.58. The molecule has 4 heterocycles. The first-order chi connectivity index (χ1) is 17.0. The fourth-order valence-corrected chi connectivity index (χ4v) is 7.26. The second kappa shape index (κ2) is 7.37. The summed E-state index contributed by atoms with van der Waals surface area (Å²) in [5, 5.41) is 1.34. The van der Waals surface area contributed by atoms with Gasteiger partial charge >= 0.3 is 0 Å². The predicted octanol–water partition coefficient (Wildman–Crippen LogP) is 6.10. The van der Waals surface area contributed by atoms with Crippen LogP contribution in [-0.4, -0.2) is 40.8 Å². The highest BCUT2D eigenvalue weighted by molar-refractivity contribution is 7.80. The number of nitrogens with zero attached hydrogens (tertiary/aromatic N) is 3. The number of para-hydroxylation sites is 2. The Morgan fingerprint density at radius 2 is 1.36 bits per heavy atom. The van der Waals surface area contributed by atoms with Crippen LogP contribution in [0.4, 0.5) is 16.4 Å². The van der Waals surface area contributed by atoms with E-state index in [0.29, 0.717) is 0 Å². The molecule has 0 atom stereocenters. The first-order valence-electron chi connectivity index (χ1n) is 12.0. The molecule has 1 saturated heterocycles. The summed E-state index contributed by atoms with van der Waals surface area (Å²) < 4.78 is 0. The Morgan fingerprint density at radius 1 is 0.806 bits per heavy atom. The molecular weight excluding hydrogens is 486 g/mol. The van der Waals surface area contributed by atoms with Crippen LogP contribution < -0.4 is 4.90 Å². The molecule has 0 unspecified atom stereocenters. The number of carbonyl (C=O) groups is 2. The highest BCUT2D eigenvalue weighted by Gasteiger charge is 2.46. The summed E-state index contributed by atoms with van der Waals surface area (Å²) in [6.07, 6.45) is 1.73. The number of benzene rings is 2. The van der Waals surface area contributed by atoms with E-state index in [4.69, 9.17) is 12.2 Å². The number of fused-ring (bicyclic) bond motifs is 4. The monoisotopic (exact) mass is 513 g/mol. The number of rotatable bonds is 1. The first kappa shape index (κ1) is 23.1. The summed E-state index contributed by atoms with van der Waals surface area (Å²) in [7, 11) is 3.21. The Labute approximate surface area is 220 Å². The van der Waals surface area contributed by atoms with E-state index in [9.17, 15) is 9.59 Å². The largest absolute Gasteiger partial charge is 0.301 e. The van der Waals surface area contributed by atoms with Crippen molar-refractivity contribution in [1.82, 2.24) is 9.80 Å². The molecule has 3 aromatic rings. The number of hydrogen-bond acceptors (Lipinski definition) is 5. The molecule has 0 radical (unpaired) electrons. The number of amides is 2. The fraction of sp³-hybridized carbons (Fsp3) is 0.276. The van der Waals surface area contributed by atoms with E-state index in [0.717, 1.165) is 9.88 Å². The Hall–Kier alpha value is -3.29. The molecule has 3 aliphatic rings. The van der Waals surface area contributed by atoms with Crippen molar-refractivity contribution in [3.8, 4) is 0 Å². The third kappa shape index (κ3) is 2.84. The molecule has 0 N–H and O–H groups in total. The Balaban J connectivity index is 1.59. The Bertz CT molecular complexity index is 1520. The van der Waals surface area contributed by atoms with Gasteiger partial charge < -0.3 is 4.90 Å². The summed E-state index contributed by atoms with van der Waals surface area (Å²) in [6.45, 7) is 9.10. The smallest absolute Gasteiger partial charge is 0.265 e. The van der Waals surface area contributed by atoms with Gasteiger partial charge in [-0.25, -0.2) is 0 Å². The standard InChI is InChI=1S/C29H27N3O2S2/c1-28(2)18-10-7-8-13-22(18)32-23-19(28)11-9-12-20(23)29(3,4)21-15-16(36-26(21)32)14-17-24(33)30(5)27(35)31(6)25(17)34/h7-15H,1-6H3. The van der Waals surface area contributed by atoms with Crippen LogP contribution in [0.5, 0.6) is 0 Å². The van der Waals surface area contributed by atoms with Crippen molar-refractivity contribution in [1.29, 1.82) is 0 Å². The van der Waals surface area contributed by atoms with Gasteiger partial charge in [-0.1, -0.05) is 64.1 Å². The van der Waals surface area contributed by atoms with Gasteiger partial charge in [-0.05, 0) is 52.7 Å². The molecule has 5 nitrogen and oxygen atoms in total. The van der Waals surface area contributed by atoms with Crippen molar-refractivity contribution in [3.05, 3.63) is 81.2 Å². The third-order valence-electron chi connectivity index (χ3n) is 7.96. The zero-order chi connectivity index (χ0) is 25.7. The van der Waals surface area contributed by atoms with Crippen molar-refractivity contribution in [3.63, 3.8) is 0 Å². The highest BCUT2D eigenvalue weighted by atomic mass is 32.1. The zero-order valence-corrected chi connectivity index (χ0v) is 22.8. The highest BCUT2D eigenvalue weighted by Crippen LogP contribution is 2.61. The maximum absolute atomic E-state index is 13.0. The van der Waals surface area contributed by atoms with Crippen molar-refractivity contribution in [2.75, 3.05) is 19.0 Å². The molecule has 2 amide bonds. The van der Waals surface area contributed by atoms with Crippen LogP contribution in [0, 0.1) is 0 Å². The molecule has 0 saturated carbocycles. The molecule has 6 rings (SSSR count). The summed E-state index contributed by atoms with van der Waals surface area (Å²) in [5.41, 5.74) is 7.22. The number of anilines is 3. The van der Waals surface area contributed by atoms with Crippen LogP contribution in [0.25, 0.3) is 6.08 Å². The van der Waals surface area contributed by atoms with E-state index in [-0.39, 0.29) is 33.3 Å². The zero-order valence-electron chi connectivity index (χ0n) is 21.2. The summed E-state index contributed by atoms with van der Waals surface area (Å²) in [5.74, 6) is -0.742. The molecule has 0 aliphatic carbocycles. The number of carbonyl (C=O) groups excluding carboxylic acids is 2. The van der Waals surface area contributed by atoms with Crippen LogP contribution in [0.3, 0.4) is 0 Å². The second-order valence-electron chi connectivity index (χ2n) is 10.7. The molecule has 182 valence electrons. The minimum Gasteiger partial charge on any atom is -0.301 e. The van der Waals surface area contributed by atoms with Gasteiger partial charge in [-0.3, -0.25) is 19.4 Å². The van der Waals surface area contributed by atoms with Crippen molar-refractivity contribution >= 4 is 62.9 Å². The van der Waals surface area contributed by atoms with E-state index in [1.807, 2.05) is 0 Å². The maximum Gasteiger partial charge on any atom is 0.265 e. The Kier molecular flexibility index (Phi) is 4.73. The van der Waals surface area contributed by atoms with Gasteiger partial charge in [0.1, 0.15) is 10.6 Å². The van der Waals surface area contributed by atoms with Gasteiger partial charge in [-0.15, -0.1) is 11.3 Å². The molecule has 7 heteroatoms. The second-order valence-corrected chi connectivity index (χ2v) is 12.2. The normalized spacial score (nSPS) is 19.2. The molecule has 2 aromatic carbocycles. The average molecular weight is 514 g/mol. The number of hydrogen-bond donors (Lipinski definition) is 0. The summed E-state index contributed by atoms with van der Waals surface area (Å²) in [4.78, 5) is 31.9. The molecule has 36 heavy (non-hydrogen) atoms. The van der Waals surface area contributed by atoms with E-state index in [1.165, 1.54) is 43.4 Å². The van der Waals surface area contributed by atoms with Gasteiger partial charge in [-0.2, -0.15) is 0 Å². The average Bonchev–Trinajstić information content (AvgIpc) is 3.29. The van der Waals surface area contributed by atoms with Crippen LogP contribution in [0.2, 0.25) is 0 Å². The lowest BCUT2D eigenvalue weighted by Crippen LogP contribution is -2.52. The van der Waals surface area contributed by atoms with Crippen molar-refractivity contribution in [2.45, 2.75) is 38.5 Å². The van der Waals surface area contributed by atoms with Gasteiger partial charge in [0.2, 0.25) is 0 Å². The number of likely N-dealkylation sites (N-methyl/N-ethyl adjacent to an activating group) is 2. The minimum absolute atomic E-state index is 0.128. The fourth-order valence-electron chi connectivity index (χ4n) is 5.81. The van der Waals surface area contributed by atoms with Crippen molar-refractivity contribution in [2.24, 2.45) is 0 Å². The number of thiocarbonyl (C=S) groups is 1.